The third-order valence-corrected chi connectivity index (χ3v) is 5.28. The number of amides is 1. The molecular weight excluding hydrogens is 292 g/mol. The van der Waals surface area contributed by atoms with Crippen molar-refractivity contribution in [3.63, 3.8) is 0 Å². The third-order valence-electron chi connectivity index (χ3n) is 4.05. The second kappa shape index (κ2) is 6.33. The molecule has 0 aliphatic heterocycles. The van der Waals surface area contributed by atoms with Crippen molar-refractivity contribution in [3.05, 3.63) is 51.2 Å². The molecule has 22 heavy (non-hydrogen) atoms. The van der Waals surface area contributed by atoms with Gasteiger partial charge in [0.15, 0.2) is 0 Å². The fourth-order valence-electron chi connectivity index (χ4n) is 2.81. The fraction of sp³-hybridized carbons (Fsp3) is 0.333. The first-order valence-corrected chi connectivity index (χ1v) is 8.36. The highest BCUT2D eigenvalue weighted by Crippen LogP contribution is 2.32. The Morgan fingerprint density at radius 3 is 2.91 bits per heavy atom. The first kappa shape index (κ1) is 14.8. The molecule has 0 saturated heterocycles. The predicted molar refractivity (Wildman–Crippen MR) is 89.2 cm³/mol. The van der Waals surface area contributed by atoms with E-state index in [0.717, 1.165) is 29.0 Å². The minimum absolute atomic E-state index is 0.0416. The van der Waals surface area contributed by atoms with Crippen LogP contribution in [0.4, 0.5) is 5.69 Å². The van der Waals surface area contributed by atoms with Crippen LogP contribution in [0.25, 0.3) is 0 Å². The van der Waals surface area contributed by atoms with Gasteiger partial charge in [0.25, 0.3) is 5.91 Å². The van der Waals surface area contributed by atoms with Crippen molar-refractivity contribution in [1.29, 1.82) is 5.26 Å². The van der Waals surface area contributed by atoms with Crippen molar-refractivity contribution >= 4 is 22.9 Å². The van der Waals surface area contributed by atoms with Crippen LogP contribution in [-0.2, 0) is 19.3 Å². The van der Waals surface area contributed by atoms with Gasteiger partial charge in [-0.3, -0.25) is 4.79 Å². The monoisotopic (exact) mass is 310 g/mol. The second-order valence-corrected chi connectivity index (χ2v) is 7.03. The van der Waals surface area contributed by atoms with Gasteiger partial charge in [-0.25, -0.2) is 0 Å². The van der Waals surface area contributed by atoms with Crippen molar-refractivity contribution in [3.8, 4) is 6.07 Å². The first-order valence-electron chi connectivity index (χ1n) is 7.54. The number of nitrogens with one attached hydrogen (secondary N) is 1. The van der Waals surface area contributed by atoms with Crippen LogP contribution in [0.5, 0.6) is 0 Å². The number of thiophene rings is 1. The molecule has 1 aliphatic carbocycles. The Balaban J connectivity index is 1.71. The number of rotatable bonds is 3. The van der Waals surface area contributed by atoms with Crippen LogP contribution in [0.1, 0.15) is 39.0 Å². The van der Waals surface area contributed by atoms with Crippen LogP contribution < -0.4 is 5.32 Å². The maximum absolute atomic E-state index is 12.4. The number of nitrogens with zero attached hydrogens (tertiary/aromatic N) is 1. The zero-order valence-corrected chi connectivity index (χ0v) is 13.4. The number of carbonyl (C=O) groups is 1. The van der Waals surface area contributed by atoms with E-state index in [4.69, 9.17) is 5.26 Å². The predicted octanol–water partition coefficient (Wildman–Crippen LogP) is 4.19. The molecule has 1 heterocycles. The van der Waals surface area contributed by atoms with E-state index in [2.05, 4.69) is 24.4 Å². The summed E-state index contributed by atoms with van der Waals surface area (Å²) in [7, 11) is 0. The molecule has 0 bridgehead atoms. The summed E-state index contributed by atoms with van der Waals surface area (Å²) in [6.45, 7) is 2.27. The van der Waals surface area contributed by atoms with Gasteiger partial charge in [-0.15, -0.1) is 11.3 Å². The van der Waals surface area contributed by atoms with Gasteiger partial charge >= 0.3 is 0 Å². The van der Waals surface area contributed by atoms with E-state index in [-0.39, 0.29) is 5.91 Å². The minimum Gasteiger partial charge on any atom is -0.321 e. The summed E-state index contributed by atoms with van der Waals surface area (Å²) in [6, 6.07) is 11.6. The molecule has 0 saturated carbocycles. The highest BCUT2D eigenvalue weighted by atomic mass is 32.1. The molecule has 0 spiro atoms. The van der Waals surface area contributed by atoms with Crippen molar-refractivity contribution in [2.75, 3.05) is 5.32 Å². The van der Waals surface area contributed by atoms with Crippen LogP contribution in [0.3, 0.4) is 0 Å². The zero-order chi connectivity index (χ0) is 15.5. The summed E-state index contributed by atoms with van der Waals surface area (Å²) in [6.07, 6.45) is 3.79. The minimum atomic E-state index is -0.0416. The zero-order valence-electron chi connectivity index (χ0n) is 12.6. The Hall–Kier alpha value is -2.12. The molecule has 0 fully saturated rings. The summed E-state index contributed by atoms with van der Waals surface area (Å²) >= 11 is 1.62. The molecule has 1 aromatic carbocycles. The Morgan fingerprint density at radius 1 is 1.41 bits per heavy atom. The molecule has 1 aliphatic rings. The number of fused-ring (bicyclic) bond motifs is 1. The number of anilines is 1. The molecule has 0 unspecified atom stereocenters. The molecular formula is C18H18N2OS. The molecule has 0 radical (unpaired) electrons. The topological polar surface area (TPSA) is 52.9 Å². The van der Waals surface area contributed by atoms with Gasteiger partial charge in [0.1, 0.15) is 0 Å². The standard InChI is InChI=1S/C18H18N2OS/c1-12-2-7-16-14(10-12)11-17(22-16)18(21)20-15-5-3-13(4-6-15)8-9-19/h3-6,11-12H,2,7-8,10H2,1H3,(H,20,21)/t12-/m0/s1. The van der Waals surface area contributed by atoms with E-state index in [0.29, 0.717) is 12.3 Å². The van der Waals surface area contributed by atoms with Gasteiger partial charge in [-0.05, 0) is 54.5 Å². The maximum Gasteiger partial charge on any atom is 0.265 e. The van der Waals surface area contributed by atoms with Gasteiger partial charge < -0.3 is 5.32 Å². The lowest BCUT2D eigenvalue weighted by Crippen LogP contribution is -2.10. The smallest absolute Gasteiger partial charge is 0.265 e. The molecule has 3 rings (SSSR count). The van der Waals surface area contributed by atoms with E-state index in [1.807, 2.05) is 24.3 Å². The van der Waals surface area contributed by atoms with E-state index in [9.17, 15) is 4.79 Å². The lowest BCUT2D eigenvalue weighted by atomic mass is 9.90. The van der Waals surface area contributed by atoms with Crippen molar-refractivity contribution in [2.24, 2.45) is 5.92 Å². The molecule has 112 valence electrons. The maximum atomic E-state index is 12.4. The largest absolute Gasteiger partial charge is 0.321 e. The highest BCUT2D eigenvalue weighted by Gasteiger charge is 2.20. The Kier molecular flexibility index (Phi) is 4.26. The number of benzene rings is 1. The highest BCUT2D eigenvalue weighted by molar-refractivity contribution is 7.14. The molecule has 4 heteroatoms. The van der Waals surface area contributed by atoms with Crippen molar-refractivity contribution < 1.29 is 4.79 Å². The summed E-state index contributed by atoms with van der Waals surface area (Å²) < 4.78 is 0. The van der Waals surface area contributed by atoms with Crippen LogP contribution in [0.2, 0.25) is 0 Å². The Bertz CT molecular complexity index is 725. The van der Waals surface area contributed by atoms with Crippen LogP contribution >= 0.6 is 11.3 Å². The number of hydrogen-bond donors (Lipinski definition) is 1. The summed E-state index contributed by atoms with van der Waals surface area (Å²) in [5.74, 6) is 0.672. The molecule has 1 atom stereocenters. The Morgan fingerprint density at radius 2 is 2.18 bits per heavy atom. The van der Waals surface area contributed by atoms with Gasteiger partial charge in [0.2, 0.25) is 0 Å². The van der Waals surface area contributed by atoms with Crippen LogP contribution in [0, 0.1) is 17.2 Å². The van der Waals surface area contributed by atoms with E-state index in [1.54, 1.807) is 11.3 Å². The first-order chi connectivity index (χ1) is 10.7. The van der Waals surface area contributed by atoms with Gasteiger partial charge in [-0.2, -0.15) is 5.26 Å². The number of nitriles is 1. The lowest BCUT2D eigenvalue weighted by molar-refractivity contribution is 0.103. The summed E-state index contributed by atoms with van der Waals surface area (Å²) in [5.41, 5.74) is 3.07. The van der Waals surface area contributed by atoms with Crippen molar-refractivity contribution in [2.45, 2.75) is 32.6 Å². The van der Waals surface area contributed by atoms with Gasteiger partial charge in [0.05, 0.1) is 17.4 Å². The van der Waals surface area contributed by atoms with E-state index < -0.39 is 0 Å². The molecule has 1 aromatic heterocycles. The third kappa shape index (κ3) is 3.20. The quantitative estimate of drug-likeness (QED) is 0.924. The van der Waals surface area contributed by atoms with Crippen molar-refractivity contribution in [1.82, 2.24) is 0 Å². The molecule has 3 nitrogen and oxygen atoms in total. The number of carbonyl (C=O) groups excluding carboxylic acids is 1. The SMILES string of the molecule is C[C@H]1CCc2sc(C(=O)Nc3ccc(CC#N)cc3)cc2C1. The average Bonchev–Trinajstić information content (AvgIpc) is 2.92. The average molecular weight is 310 g/mol. The molecule has 1 N–H and O–H groups in total. The fourth-order valence-corrected chi connectivity index (χ4v) is 3.91. The normalized spacial score (nSPS) is 16.6. The van der Waals surface area contributed by atoms with Gasteiger partial charge in [-0.1, -0.05) is 19.1 Å². The van der Waals surface area contributed by atoms with Gasteiger partial charge in [0, 0.05) is 10.6 Å². The summed E-state index contributed by atoms with van der Waals surface area (Å²) in [4.78, 5) is 14.5. The van der Waals surface area contributed by atoms with Crippen LogP contribution in [0.15, 0.2) is 30.3 Å². The summed E-state index contributed by atoms with van der Waals surface area (Å²) in [5, 5.41) is 11.6. The second-order valence-electron chi connectivity index (χ2n) is 5.89. The molecule has 2 aromatic rings. The lowest BCUT2D eigenvalue weighted by Gasteiger charge is -2.16. The number of hydrogen-bond acceptors (Lipinski definition) is 3. The van der Waals surface area contributed by atoms with E-state index >= 15 is 0 Å². The molecule has 1 amide bonds. The Labute approximate surface area is 134 Å². The van der Waals surface area contributed by atoms with Crippen LogP contribution in [-0.4, -0.2) is 5.91 Å². The number of aryl methyl sites for hydroxylation is 1. The van der Waals surface area contributed by atoms with E-state index in [1.165, 1.54) is 16.9 Å².